The monoisotopic (exact) mass is 344 g/mol. The Labute approximate surface area is 141 Å². The number of carbonyl (C=O) groups excluding carboxylic acids is 1. The standard InChI is InChI=1S/C17H16N2O4S/c1-24(23)12-14-5-2-6-15(10-14)18-17(20)9-8-13-4-3-7-16(11-13)19(21)22/h2-11H,12H2,1H3,(H,18,20)/b9-8+. The number of hydrogen-bond acceptors (Lipinski definition) is 4. The maximum absolute atomic E-state index is 11.9. The number of carbonyl (C=O) groups is 1. The van der Waals surface area contributed by atoms with Gasteiger partial charge in [-0.1, -0.05) is 24.3 Å². The average Bonchev–Trinajstić information content (AvgIpc) is 2.53. The molecule has 1 unspecified atom stereocenters. The van der Waals surface area contributed by atoms with Gasteiger partial charge in [0.05, 0.1) is 4.92 Å². The molecule has 0 fully saturated rings. The third-order valence-electron chi connectivity index (χ3n) is 3.07. The van der Waals surface area contributed by atoms with Gasteiger partial charge in [-0.3, -0.25) is 19.1 Å². The first-order valence-electron chi connectivity index (χ1n) is 7.06. The van der Waals surface area contributed by atoms with Gasteiger partial charge in [-0.2, -0.15) is 0 Å². The zero-order valence-electron chi connectivity index (χ0n) is 13.0. The number of rotatable bonds is 6. The molecule has 0 radical (unpaired) electrons. The summed E-state index contributed by atoms with van der Waals surface area (Å²) in [6.07, 6.45) is 4.43. The fourth-order valence-corrected chi connectivity index (χ4v) is 2.72. The number of nitrogens with zero attached hydrogens (tertiary/aromatic N) is 1. The van der Waals surface area contributed by atoms with Gasteiger partial charge in [0.15, 0.2) is 0 Å². The normalized spacial score (nSPS) is 12.0. The molecular formula is C17H16N2O4S. The van der Waals surface area contributed by atoms with E-state index in [0.29, 0.717) is 17.0 Å². The van der Waals surface area contributed by atoms with E-state index >= 15 is 0 Å². The van der Waals surface area contributed by atoms with E-state index in [1.807, 2.05) is 6.07 Å². The zero-order chi connectivity index (χ0) is 17.5. The number of amides is 1. The third kappa shape index (κ3) is 5.44. The Morgan fingerprint density at radius 2 is 2.00 bits per heavy atom. The van der Waals surface area contributed by atoms with E-state index in [-0.39, 0.29) is 11.6 Å². The molecule has 0 aromatic heterocycles. The highest BCUT2D eigenvalue weighted by Crippen LogP contribution is 2.15. The van der Waals surface area contributed by atoms with Crippen LogP contribution in [0.2, 0.25) is 0 Å². The molecular weight excluding hydrogens is 328 g/mol. The predicted octanol–water partition coefficient (Wildman–Crippen LogP) is 3.13. The Bertz CT molecular complexity index is 818. The van der Waals surface area contributed by atoms with Gasteiger partial charge in [-0.05, 0) is 29.3 Å². The van der Waals surface area contributed by atoms with Crippen LogP contribution in [0.3, 0.4) is 0 Å². The van der Waals surface area contributed by atoms with E-state index in [2.05, 4.69) is 5.32 Å². The molecule has 1 amide bonds. The molecule has 2 aromatic rings. The van der Waals surface area contributed by atoms with Crippen LogP contribution in [0.4, 0.5) is 11.4 Å². The van der Waals surface area contributed by atoms with Gasteiger partial charge in [0, 0.05) is 46.7 Å². The van der Waals surface area contributed by atoms with E-state index < -0.39 is 15.7 Å². The van der Waals surface area contributed by atoms with Crippen molar-refractivity contribution in [3.8, 4) is 0 Å². The molecule has 1 atom stereocenters. The Hall–Kier alpha value is -2.80. The van der Waals surface area contributed by atoms with Crippen LogP contribution in [0, 0.1) is 10.1 Å². The van der Waals surface area contributed by atoms with Crippen LogP contribution in [-0.4, -0.2) is 21.3 Å². The van der Waals surface area contributed by atoms with Crippen LogP contribution in [0.25, 0.3) is 6.08 Å². The van der Waals surface area contributed by atoms with E-state index in [1.54, 1.807) is 36.6 Å². The summed E-state index contributed by atoms with van der Waals surface area (Å²) >= 11 is 0. The summed E-state index contributed by atoms with van der Waals surface area (Å²) in [5.74, 6) is 0.0732. The molecule has 24 heavy (non-hydrogen) atoms. The topological polar surface area (TPSA) is 89.3 Å². The highest BCUT2D eigenvalue weighted by atomic mass is 32.2. The highest BCUT2D eigenvalue weighted by Gasteiger charge is 2.05. The molecule has 1 N–H and O–H groups in total. The van der Waals surface area contributed by atoms with Crippen LogP contribution in [0.1, 0.15) is 11.1 Å². The zero-order valence-corrected chi connectivity index (χ0v) is 13.8. The number of benzene rings is 2. The smallest absolute Gasteiger partial charge is 0.270 e. The molecule has 0 heterocycles. The first-order valence-corrected chi connectivity index (χ1v) is 8.79. The summed E-state index contributed by atoms with van der Waals surface area (Å²) in [5.41, 5.74) is 2.01. The van der Waals surface area contributed by atoms with Gasteiger partial charge in [-0.15, -0.1) is 0 Å². The molecule has 7 heteroatoms. The molecule has 0 spiro atoms. The second-order valence-electron chi connectivity index (χ2n) is 5.09. The van der Waals surface area contributed by atoms with Crippen molar-refractivity contribution >= 4 is 34.2 Å². The molecule has 124 valence electrons. The number of nitro benzene ring substituents is 1. The maximum atomic E-state index is 11.9. The molecule has 6 nitrogen and oxygen atoms in total. The lowest BCUT2D eigenvalue weighted by Gasteiger charge is -2.04. The summed E-state index contributed by atoms with van der Waals surface area (Å²) in [6.45, 7) is 0. The van der Waals surface area contributed by atoms with E-state index in [0.717, 1.165) is 5.56 Å². The first-order chi connectivity index (χ1) is 11.4. The third-order valence-corrected chi connectivity index (χ3v) is 3.81. The Morgan fingerprint density at radius 1 is 1.25 bits per heavy atom. The van der Waals surface area contributed by atoms with Crippen molar-refractivity contribution in [1.29, 1.82) is 0 Å². The van der Waals surface area contributed by atoms with Crippen LogP contribution in [-0.2, 0) is 21.3 Å². The minimum absolute atomic E-state index is 0.0298. The van der Waals surface area contributed by atoms with Gasteiger partial charge in [-0.25, -0.2) is 0 Å². The molecule has 2 rings (SSSR count). The van der Waals surface area contributed by atoms with E-state index in [9.17, 15) is 19.1 Å². The van der Waals surface area contributed by atoms with Crippen molar-refractivity contribution in [3.05, 3.63) is 75.8 Å². The molecule has 0 bridgehead atoms. The number of hydrogen-bond donors (Lipinski definition) is 1. The Kier molecular flexibility index (Phi) is 5.97. The lowest BCUT2D eigenvalue weighted by molar-refractivity contribution is -0.384. The summed E-state index contributed by atoms with van der Waals surface area (Å²) in [5, 5.41) is 13.4. The van der Waals surface area contributed by atoms with Crippen molar-refractivity contribution in [2.75, 3.05) is 11.6 Å². The minimum Gasteiger partial charge on any atom is -0.323 e. The fourth-order valence-electron chi connectivity index (χ4n) is 2.07. The van der Waals surface area contributed by atoms with Crippen molar-refractivity contribution in [2.45, 2.75) is 5.75 Å². The Balaban J connectivity index is 2.04. The van der Waals surface area contributed by atoms with Gasteiger partial charge in [0.1, 0.15) is 0 Å². The summed E-state index contributed by atoms with van der Waals surface area (Å²) in [7, 11) is -0.954. The van der Waals surface area contributed by atoms with Crippen molar-refractivity contribution in [2.24, 2.45) is 0 Å². The largest absolute Gasteiger partial charge is 0.323 e. The van der Waals surface area contributed by atoms with Crippen LogP contribution < -0.4 is 5.32 Å². The average molecular weight is 344 g/mol. The molecule has 0 saturated carbocycles. The number of non-ortho nitro benzene ring substituents is 1. The molecule has 2 aromatic carbocycles. The first kappa shape index (κ1) is 17.6. The van der Waals surface area contributed by atoms with E-state index in [4.69, 9.17) is 0 Å². The summed E-state index contributed by atoms with van der Waals surface area (Å²) < 4.78 is 11.2. The SMILES string of the molecule is CS(=O)Cc1cccc(NC(=O)/C=C/c2cccc([N+](=O)[O-])c2)c1. The number of anilines is 1. The van der Waals surface area contributed by atoms with Crippen molar-refractivity contribution < 1.29 is 13.9 Å². The lowest BCUT2D eigenvalue weighted by Crippen LogP contribution is -2.08. The van der Waals surface area contributed by atoms with Gasteiger partial charge < -0.3 is 5.32 Å². The highest BCUT2D eigenvalue weighted by molar-refractivity contribution is 7.83. The van der Waals surface area contributed by atoms with E-state index in [1.165, 1.54) is 24.3 Å². The van der Waals surface area contributed by atoms with Gasteiger partial charge >= 0.3 is 0 Å². The second-order valence-corrected chi connectivity index (χ2v) is 6.53. The van der Waals surface area contributed by atoms with Crippen LogP contribution in [0.15, 0.2) is 54.6 Å². The van der Waals surface area contributed by atoms with Crippen LogP contribution >= 0.6 is 0 Å². The number of nitro groups is 1. The van der Waals surface area contributed by atoms with Gasteiger partial charge in [0.2, 0.25) is 5.91 Å². The maximum Gasteiger partial charge on any atom is 0.270 e. The predicted molar refractivity (Wildman–Crippen MR) is 95.0 cm³/mol. The quantitative estimate of drug-likeness (QED) is 0.495. The number of nitrogens with one attached hydrogen (secondary N) is 1. The summed E-state index contributed by atoms with van der Waals surface area (Å²) in [6, 6.07) is 13.1. The summed E-state index contributed by atoms with van der Waals surface area (Å²) in [4.78, 5) is 22.2. The van der Waals surface area contributed by atoms with Crippen LogP contribution in [0.5, 0.6) is 0 Å². The van der Waals surface area contributed by atoms with Gasteiger partial charge in [0.25, 0.3) is 5.69 Å². The minimum atomic E-state index is -0.954. The Morgan fingerprint density at radius 3 is 2.71 bits per heavy atom. The van der Waals surface area contributed by atoms with Crippen molar-refractivity contribution in [1.82, 2.24) is 0 Å². The molecule has 0 aliphatic carbocycles. The van der Waals surface area contributed by atoms with Crippen molar-refractivity contribution in [3.63, 3.8) is 0 Å². The molecule has 0 saturated heterocycles. The fraction of sp³-hybridized carbons (Fsp3) is 0.118. The molecule has 0 aliphatic rings. The molecule has 0 aliphatic heterocycles. The lowest BCUT2D eigenvalue weighted by atomic mass is 10.2. The second kappa shape index (κ2) is 8.16.